The van der Waals surface area contributed by atoms with Crippen LogP contribution in [0.1, 0.15) is 16.8 Å². The van der Waals surface area contributed by atoms with Crippen LogP contribution < -0.4 is 0 Å². The standard InChI is InChI=1S/C11H11FO4S/c12-10-2-1-7(5-9(10)11(13)14)17(15)8-3-4-16-6-8/h1-2,5,8H,3-4,6H2,(H,13,14). The highest BCUT2D eigenvalue weighted by atomic mass is 32.2. The third-order valence-corrected chi connectivity index (χ3v) is 4.29. The van der Waals surface area contributed by atoms with Crippen molar-refractivity contribution < 1.29 is 23.2 Å². The Morgan fingerprint density at radius 1 is 1.53 bits per heavy atom. The van der Waals surface area contributed by atoms with E-state index >= 15 is 0 Å². The zero-order chi connectivity index (χ0) is 12.4. The fourth-order valence-corrected chi connectivity index (χ4v) is 3.02. The van der Waals surface area contributed by atoms with E-state index in [0.29, 0.717) is 24.5 Å². The predicted molar refractivity (Wildman–Crippen MR) is 59.0 cm³/mol. The number of aromatic carboxylic acids is 1. The second-order valence-corrected chi connectivity index (χ2v) is 5.46. The summed E-state index contributed by atoms with van der Waals surface area (Å²) in [6.07, 6.45) is 0.673. The van der Waals surface area contributed by atoms with Crippen molar-refractivity contribution in [3.8, 4) is 0 Å². The molecule has 1 aliphatic rings. The maximum absolute atomic E-state index is 13.2. The maximum atomic E-state index is 13.2. The summed E-state index contributed by atoms with van der Waals surface area (Å²) in [4.78, 5) is 11.1. The molecule has 1 aromatic carbocycles. The first-order valence-electron chi connectivity index (χ1n) is 5.11. The number of carbonyl (C=O) groups is 1. The maximum Gasteiger partial charge on any atom is 0.338 e. The van der Waals surface area contributed by atoms with E-state index in [9.17, 15) is 13.4 Å². The van der Waals surface area contributed by atoms with E-state index in [4.69, 9.17) is 9.84 Å². The highest BCUT2D eigenvalue weighted by molar-refractivity contribution is 7.85. The summed E-state index contributed by atoms with van der Waals surface area (Å²) in [5, 5.41) is 8.64. The number of benzene rings is 1. The molecule has 0 aliphatic carbocycles. The fraction of sp³-hybridized carbons (Fsp3) is 0.364. The number of carboxylic acid groups (broad SMARTS) is 1. The molecule has 0 radical (unpaired) electrons. The Morgan fingerprint density at radius 2 is 2.29 bits per heavy atom. The van der Waals surface area contributed by atoms with E-state index in [1.165, 1.54) is 6.07 Å². The van der Waals surface area contributed by atoms with Gasteiger partial charge in [0, 0.05) is 11.5 Å². The van der Waals surface area contributed by atoms with Crippen molar-refractivity contribution in [3.63, 3.8) is 0 Å². The van der Waals surface area contributed by atoms with Crippen molar-refractivity contribution in [1.82, 2.24) is 0 Å². The minimum Gasteiger partial charge on any atom is -0.478 e. The monoisotopic (exact) mass is 258 g/mol. The molecule has 1 saturated heterocycles. The molecule has 1 aliphatic heterocycles. The van der Waals surface area contributed by atoms with Crippen molar-refractivity contribution in [2.24, 2.45) is 0 Å². The van der Waals surface area contributed by atoms with Gasteiger partial charge in [0.15, 0.2) is 0 Å². The van der Waals surface area contributed by atoms with E-state index in [0.717, 1.165) is 12.1 Å². The molecule has 1 fully saturated rings. The first kappa shape index (κ1) is 12.2. The SMILES string of the molecule is O=C(O)c1cc(S(=O)C2CCOC2)ccc1F. The molecule has 1 aromatic rings. The van der Waals surface area contributed by atoms with Crippen molar-refractivity contribution in [2.75, 3.05) is 13.2 Å². The summed E-state index contributed by atoms with van der Waals surface area (Å²) < 4.78 is 30.3. The molecule has 92 valence electrons. The summed E-state index contributed by atoms with van der Waals surface area (Å²) >= 11 is 0. The van der Waals surface area contributed by atoms with E-state index in [1.54, 1.807) is 0 Å². The van der Waals surface area contributed by atoms with Crippen LogP contribution in [0.15, 0.2) is 23.1 Å². The lowest BCUT2D eigenvalue weighted by atomic mass is 10.2. The van der Waals surface area contributed by atoms with Gasteiger partial charge in [0.1, 0.15) is 5.82 Å². The number of carboxylic acids is 1. The molecule has 1 N–H and O–H groups in total. The molecular weight excluding hydrogens is 247 g/mol. The average Bonchev–Trinajstić information content (AvgIpc) is 2.81. The van der Waals surface area contributed by atoms with Crippen LogP contribution in [0.25, 0.3) is 0 Å². The number of hydrogen-bond donors (Lipinski definition) is 1. The molecule has 2 atom stereocenters. The molecule has 4 nitrogen and oxygen atoms in total. The Hall–Kier alpha value is -1.27. The molecule has 0 spiro atoms. The van der Waals surface area contributed by atoms with Crippen molar-refractivity contribution >= 4 is 16.8 Å². The van der Waals surface area contributed by atoms with Gasteiger partial charge in [-0.3, -0.25) is 4.21 Å². The smallest absolute Gasteiger partial charge is 0.338 e. The zero-order valence-electron chi connectivity index (χ0n) is 8.89. The van der Waals surface area contributed by atoms with Crippen LogP contribution in [-0.4, -0.2) is 33.7 Å². The van der Waals surface area contributed by atoms with Crippen LogP contribution in [0.2, 0.25) is 0 Å². The lowest BCUT2D eigenvalue weighted by Gasteiger charge is -2.08. The van der Waals surface area contributed by atoms with Crippen LogP contribution >= 0.6 is 0 Å². The summed E-state index contributed by atoms with van der Waals surface area (Å²) in [6, 6.07) is 3.52. The molecular formula is C11H11FO4S. The molecule has 1 heterocycles. The first-order valence-corrected chi connectivity index (χ1v) is 6.32. The molecule has 0 aromatic heterocycles. The van der Waals surface area contributed by atoms with Crippen LogP contribution in [-0.2, 0) is 15.5 Å². The summed E-state index contributed by atoms with van der Waals surface area (Å²) in [7, 11) is -1.35. The molecule has 6 heteroatoms. The van der Waals surface area contributed by atoms with Crippen LogP contribution in [0.3, 0.4) is 0 Å². The highest BCUT2D eigenvalue weighted by Gasteiger charge is 2.24. The Kier molecular flexibility index (Phi) is 3.54. The van der Waals surface area contributed by atoms with Gasteiger partial charge in [-0.15, -0.1) is 0 Å². The molecule has 2 unspecified atom stereocenters. The van der Waals surface area contributed by atoms with Gasteiger partial charge in [-0.25, -0.2) is 9.18 Å². The molecule has 0 amide bonds. The van der Waals surface area contributed by atoms with Gasteiger partial charge >= 0.3 is 5.97 Å². The van der Waals surface area contributed by atoms with E-state index in [-0.39, 0.29) is 5.25 Å². The van der Waals surface area contributed by atoms with Crippen LogP contribution in [0.5, 0.6) is 0 Å². The second kappa shape index (κ2) is 4.93. The van der Waals surface area contributed by atoms with E-state index in [1.807, 2.05) is 0 Å². The highest BCUT2D eigenvalue weighted by Crippen LogP contribution is 2.20. The van der Waals surface area contributed by atoms with Gasteiger partial charge in [-0.05, 0) is 24.6 Å². The predicted octanol–water partition coefficient (Wildman–Crippen LogP) is 1.42. The van der Waals surface area contributed by atoms with Gasteiger partial charge in [-0.2, -0.15) is 0 Å². The minimum absolute atomic E-state index is 0.137. The quantitative estimate of drug-likeness (QED) is 0.890. The summed E-state index contributed by atoms with van der Waals surface area (Å²) in [6.45, 7) is 0.954. The van der Waals surface area contributed by atoms with Crippen molar-refractivity contribution in [3.05, 3.63) is 29.6 Å². The summed E-state index contributed by atoms with van der Waals surface area (Å²) in [5.41, 5.74) is -0.449. The third kappa shape index (κ3) is 2.53. The lowest BCUT2D eigenvalue weighted by molar-refractivity contribution is 0.0691. The largest absolute Gasteiger partial charge is 0.478 e. The molecule has 2 rings (SSSR count). The Balaban J connectivity index is 2.29. The Bertz CT molecular complexity index is 469. The third-order valence-electron chi connectivity index (χ3n) is 2.59. The average molecular weight is 258 g/mol. The van der Waals surface area contributed by atoms with E-state index in [2.05, 4.69) is 0 Å². The molecule has 17 heavy (non-hydrogen) atoms. The van der Waals surface area contributed by atoms with Crippen molar-refractivity contribution in [1.29, 1.82) is 0 Å². The molecule has 0 bridgehead atoms. The van der Waals surface area contributed by atoms with Gasteiger partial charge in [-0.1, -0.05) is 0 Å². The number of rotatable bonds is 3. The van der Waals surface area contributed by atoms with Gasteiger partial charge < -0.3 is 9.84 Å². The van der Waals surface area contributed by atoms with Crippen LogP contribution in [0.4, 0.5) is 4.39 Å². The van der Waals surface area contributed by atoms with Gasteiger partial charge in [0.05, 0.1) is 28.2 Å². The topological polar surface area (TPSA) is 63.6 Å². The first-order chi connectivity index (χ1) is 8.09. The molecule has 0 saturated carbocycles. The number of ether oxygens (including phenoxy) is 1. The normalized spacial score (nSPS) is 21.4. The Labute approximate surface area is 99.9 Å². The van der Waals surface area contributed by atoms with Crippen LogP contribution in [0, 0.1) is 5.82 Å². The van der Waals surface area contributed by atoms with Gasteiger partial charge in [0.2, 0.25) is 0 Å². The van der Waals surface area contributed by atoms with Crippen molar-refractivity contribution in [2.45, 2.75) is 16.6 Å². The second-order valence-electron chi connectivity index (χ2n) is 3.73. The Morgan fingerprint density at radius 3 is 2.88 bits per heavy atom. The lowest BCUT2D eigenvalue weighted by Crippen LogP contribution is -2.15. The van der Waals surface area contributed by atoms with E-state index < -0.39 is 28.1 Å². The number of halogens is 1. The fourth-order valence-electron chi connectivity index (χ4n) is 1.67. The minimum atomic E-state index is -1.36. The zero-order valence-corrected chi connectivity index (χ0v) is 9.71. The van der Waals surface area contributed by atoms with Gasteiger partial charge in [0.25, 0.3) is 0 Å². The number of hydrogen-bond acceptors (Lipinski definition) is 3. The summed E-state index contributed by atoms with van der Waals surface area (Å²) in [5.74, 6) is -2.18.